The number of fused-ring (bicyclic) bond motifs is 1. The lowest BCUT2D eigenvalue weighted by Crippen LogP contribution is -2.46. The van der Waals surface area contributed by atoms with Gasteiger partial charge >= 0.3 is 0 Å². The number of rotatable bonds is 0. The van der Waals surface area contributed by atoms with Gasteiger partial charge in [0, 0.05) is 16.7 Å². The molecule has 2 aliphatic rings. The van der Waals surface area contributed by atoms with Crippen molar-refractivity contribution >= 4 is 5.78 Å². The van der Waals surface area contributed by atoms with Crippen LogP contribution < -0.4 is 0 Å². The molecule has 0 amide bonds. The summed E-state index contributed by atoms with van der Waals surface area (Å²) in [5.74, 6) is 0.0311. The molecule has 0 spiro atoms. The predicted octanol–water partition coefficient (Wildman–Crippen LogP) is 2.22. The zero-order chi connectivity index (χ0) is 14.0. The lowest BCUT2D eigenvalue weighted by Gasteiger charge is -2.43. The Morgan fingerprint density at radius 3 is 2.68 bits per heavy atom. The van der Waals surface area contributed by atoms with Crippen LogP contribution in [0.4, 0.5) is 0 Å². The first-order chi connectivity index (χ1) is 8.77. The Morgan fingerprint density at radius 1 is 1.32 bits per heavy atom. The lowest BCUT2D eigenvalue weighted by molar-refractivity contribution is 0.00168. The number of hydrogen-bond acceptors (Lipinski definition) is 4. The van der Waals surface area contributed by atoms with Crippen LogP contribution in [0.25, 0.3) is 0 Å². The van der Waals surface area contributed by atoms with Crippen LogP contribution in [0.3, 0.4) is 0 Å². The summed E-state index contributed by atoms with van der Waals surface area (Å²) in [4.78, 5) is 12.5. The fraction of sp³-hybridized carbons (Fsp3) is 0.533. The van der Waals surface area contributed by atoms with Crippen molar-refractivity contribution in [3.05, 3.63) is 34.3 Å². The maximum atomic E-state index is 12.5. The van der Waals surface area contributed by atoms with E-state index in [1.54, 1.807) is 20.8 Å². The van der Waals surface area contributed by atoms with Crippen molar-refractivity contribution in [3.63, 3.8) is 0 Å². The SMILES string of the molecule is Cc1coc2c1[C@](C)(O)C1=C(CCC[C@@]1(C)O)C2=O. The third-order valence-electron chi connectivity index (χ3n) is 4.36. The van der Waals surface area contributed by atoms with Crippen LogP contribution in [0, 0.1) is 6.92 Å². The summed E-state index contributed by atoms with van der Waals surface area (Å²) in [6.45, 7) is 5.10. The minimum Gasteiger partial charge on any atom is -0.460 e. The highest BCUT2D eigenvalue weighted by Gasteiger charge is 2.51. The number of hydrogen-bond donors (Lipinski definition) is 2. The molecule has 1 aromatic heterocycles. The molecule has 1 heterocycles. The molecule has 0 fully saturated rings. The molecule has 4 heteroatoms. The molecular formula is C15H18O4. The first kappa shape index (κ1) is 12.6. The molecule has 102 valence electrons. The normalized spacial score (nSPS) is 34.3. The maximum Gasteiger partial charge on any atom is 0.224 e. The van der Waals surface area contributed by atoms with Crippen molar-refractivity contribution in [1.82, 2.24) is 0 Å². The molecule has 19 heavy (non-hydrogen) atoms. The third-order valence-corrected chi connectivity index (χ3v) is 4.36. The van der Waals surface area contributed by atoms with Gasteiger partial charge < -0.3 is 14.6 Å². The number of ketones is 1. The lowest BCUT2D eigenvalue weighted by atomic mass is 9.66. The highest BCUT2D eigenvalue weighted by atomic mass is 16.3. The Hall–Kier alpha value is -1.39. The number of carbonyl (C=O) groups excluding carboxylic acids is 1. The summed E-state index contributed by atoms with van der Waals surface area (Å²) < 4.78 is 5.33. The van der Waals surface area contributed by atoms with Crippen molar-refractivity contribution in [2.75, 3.05) is 0 Å². The summed E-state index contributed by atoms with van der Waals surface area (Å²) in [5.41, 5.74) is -0.288. The molecule has 0 radical (unpaired) electrons. The van der Waals surface area contributed by atoms with Crippen LogP contribution >= 0.6 is 0 Å². The van der Waals surface area contributed by atoms with Gasteiger partial charge in [0.25, 0.3) is 0 Å². The molecule has 0 saturated carbocycles. The third kappa shape index (κ3) is 1.50. The standard InChI is InChI=1S/C15H18O4/c1-8-7-19-12-10(8)15(3,18)13-9(11(12)16)5-4-6-14(13,2)17/h7,17-18H,4-6H2,1-3H3/t14-,15+/m1/s1. The molecule has 4 nitrogen and oxygen atoms in total. The highest BCUT2D eigenvalue weighted by molar-refractivity contribution is 6.10. The van der Waals surface area contributed by atoms with Crippen molar-refractivity contribution in [2.24, 2.45) is 0 Å². The van der Waals surface area contributed by atoms with Gasteiger partial charge in [-0.3, -0.25) is 4.79 Å². The Bertz CT molecular complexity index is 602. The monoisotopic (exact) mass is 262 g/mol. The summed E-state index contributed by atoms with van der Waals surface area (Å²) >= 11 is 0. The van der Waals surface area contributed by atoms with Gasteiger partial charge in [-0.25, -0.2) is 0 Å². The number of allylic oxidation sites excluding steroid dienone is 1. The zero-order valence-electron chi connectivity index (χ0n) is 11.4. The average Bonchev–Trinajstić information content (AvgIpc) is 2.68. The largest absolute Gasteiger partial charge is 0.460 e. The van der Waals surface area contributed by atoms with E-state index in [0.29, 0.717) is 29.6 Å². The summed E-state index contributed by atoms with van der Waals surface area (Å²) in [6, 6.07) is 0. The summed E-state index contributed by atoms with van der Waals surface area (Å²) in [5, 5.41) is 21.5. The molecule has 0 aromatic carbocycles. The Morgan fingerprint density at radius 2 is 2.00 bits per heavy atom. The summed E-state index contributed by atoms with van der Waals surface area (Å²) in [7, 11) is 0. The number of aliphatic hydroxyl groups is 2. The minimum absolute atomic E-state index is 0.190. The van der Waals surface area contributed by atoms with E-state index < -0.39 is 11.2 Å². The highest BCUT2D eigenvalue weighted by Crippen LogP contribution is 2.50. The first-order valence-electron chi connectivity index (χ1n) is 6.59. The van der Waals surface area contributed by atoms with Crippen molar-refractivity contribution < 1.29 is 19.4 Å². The smallest absolute Gasteiger partial charge is 0.224 e. The quantitative estimate of drug-likeness (QED) is 0.752. The molecule has 0 bridgehead atoms. The van der Waals surface area contributed by atoms with Crippen molar-refractivity contribution in [2.45, 2.75) is 51.2 Å². The van der Waals surface area contributed by atoms with Crippen molar-refractivity contribution in [1.29, 1.82) is 0 Å². The van der Waals surface area contributed by atoms with E-state index in [1.807, 2.05) is 0 Å². The topological polar surface area (TPSA) is 70.7 Å². The van der Waals surface area contributed by atoms with Crippen LogP contribution in [0.5, 0.6) is 0 Å². The van der Waals surface area contributed by atoms with Gasteiger partial charge in [-0.05, 0) is 45.6 Å². The molecule has 0 aliphatic heterocycles. The molecule has 2 N–H and O–H groups in total. The zero-order valence-corrected chi connectivity index (χ0v) is 11.4. The second-order valence-electron chi connectivity index (χ2n) is 6.01. The van der Waals surface area contributed by atoms with Crippen LogP contribution in [0.2, 0.25) is 0 Å². The van der Waals surface area contributed by atoms with Crippen molar-refractivity contribution in [3.8, 4) is 0 Å². The fourth-order valence-corrected chi connectivity index (χ4v) is 3.71. The minimum atomic E-state index is -1.35. The van der Waals surface area contributed by atoms with Crippen LogP contribution in [-0.4, -0.2) is 21.6 Å². The van der Waals surface area contributed by atoms with E-state index in [0.717, 1.165) is 12.0 Å². The van der Waals surface area contributed by atoms with Gasteiger partial charge in [-0.15, -0.1) is 0 Å². The summed E-state index contributed by atoms with van der Waals surface area (Å²) in [6.07, 6.45) is 3.37. The van der Waals surface area contributed by atoms with Gasteiger partial charge in [-0.2, -0.15) is 0 Å². The second kappa shape index (κ2) is 3.58. The van der Waals surface area contributed by atoms with Gasteiger partial charge in [0.15, 0.2) is 5.76 Å². The molecule has 3 rings (SSSR count). The molecule has 2 atom stereocenters. The van der Waals surface area contributed by atoms with Gasteiger partial charge in [-0.1, -0.05) is 0 Å². The van der Waals surface area contributed by atoms with E-state index in [4.69, 9.17) is 4.42 Å². The average molecular weight is 262 g/mol. The van der Waals surface area contributed by atoms with Crippen LogP contribution in [0.1, 0.15) is 54.8 Å². The predicted molar refractivity (Wildman–Crippen MR) is 68.8 cm³/mol. The molecule has 2 aliphatic carbocycles. The Balaban J connectivity index is 2.33. The number of carbonyl (C=O) groups is 1. The molecule has 1 aromatic rings. The van der Waals surface area contributed by atoms with E-state index in [9.17, 15) is 15.0 Å². The van der Waals surface area contributed by atoms with E-state index in [1.165, 1.54) is 6.26 Å². The molecule has 0 unspecified atom stereocenters. The van der Waals surface area contributed by atoms with E-state index in [2.05, 4.69) is 0 Å². The number of Topliss-reactive ketones (excluding diaryl/α,β-unsaturated/α-hetero) is 1. The second-order valence-corrected chi connectivity index (χ2v) is 6.01. The Labute approximate surface area is 111 Å². The maximum absolute atomic E-state index is 12.5. The Kier molecular flexibility index (Phi) is 2.38. The van der Waals surface area contributed by atoms with E-state index in [-0.39, 0.29) is 11.5 Å². The number of furan rings is 1. The molecule has 0 saturated heterocycles. The fourth-order valence-electron chi connectivity index (χ4n) is 3.71. The first-order valence-corrected chi connectivity index (χ1v) is 6.59. The van der Waals surface area contributed by atoms with Crippen LogP contribution in [-0.2, 0) is 5.60 Å². The molecular weight excluding hydrogens is 244 g/mol. The van der Waals surface area contributed by atoms with E-state index >= 15 is 0 Å². The van der Waals surface area contributed by atoms with Gasteiger partial charge in [0.05, 0.1) is 11.9 Å². The van der Waals surface area contributed by atoms with Gasteiger partial charge in [0.1, 0.15) is 5.60 Å². The number of aryl methyl sites for hydroxylation is 1. The van der Waals surface area contributed by atoms with Gasteiger partial charge in [0.2, 0.25) is 5.78 Å². The van der Waals surface area contributed by atoms with Crippen LogP contribution in [0.15, 0.2) is 21.8 Å².